The van der Waals surface area contributed by atoms with E-state index in [0.29, 0.717) is 0 Å². The van der Waals surface area contributed by atoms with E-state index in [1.807, 2.05) is 0 Å². The van der Waals surface area contributed by atoms with Gasteiger partial charge in [0.25, 0.3) is 5.79 Å². The molecule has 266 valence electrons. The fourth-order valence-corrected chi connectivity index (χ4v) is 5.45. The third-order valence-corrected chi connectivity index (χ3v) is 7.87. The first-order chi connectivity index (χ1) is 21.5. The van der Waals surface area contributed by atoms with Gasteiger partial charge >= 0.3 is 5.97 Å². The Balaban J connectivity index is 1.87. The van der Waals surface area contributed by atoms with Crippen LogP contribution < -0.4 is 10.6 Å². The van der Waals surface area contributed by atoms with E-state index in [1.54, 1.807) is 0 Å². The number of hydrogen-bond donors (Lipinski definition) is 13. The molecule has 0 aliphatic carbocycles. The van der Waals surface area contributed by atoms with Crippen LogP contribution in [0.4, 0.5) is 0 Å². The number of nitrogens with one attached hydrogen (secondary N) is 2. The molecule has 0 bridgehead atoms. The predicted molar refractivity (Wildman–Crippen MR) is 142 cm³/mol. The van der Waals surface area contributed by atoms with Gasteiger partial charge in [-0.1, -0.05) is 0 Å². The highest BCUT2D eigenvalue weighted by atomic mass is 16.7. The number of rotatable bonds is 12. The average molecular weight is 675 g/mol. The average Bonchev–Trinajstić information content (AvgIpc) is 2.99. The van der Waals surface area contributed by atoms with E-state index in [1.165, 1.54) is 0 Å². The molecule has 0 unspecified atom stereocenters. The Bertz CT molecular complexity index is 1050. The largest absolute Gasteiger partial charge is 0.477 e. The molecule has 3 fully saturated rings. The van der Waals surface area contributed by atoms with E-state index >= 15 is 0 Å². The van der Waals surface area contributed by atoms with Gasteiger partial charge in [-0.2, -0.15) is 0 Å². The minimum atomic E-state index is -2.84. The molecule has 3 aliphatic heterocycles. The molecule has 46 heavy (non-hydrogen) atoms. The van der Waals surface area contributed by atoms with Crippen molar-refractivity contribution in [2.75, 3.05) is 19.8 Å². The summed E-state index contributed by atoms with van der Waals surface area (Å²) in [5.41, 5.74) is 0. The molecule has 21 nitrogen and oxygen atoms in total. The molecular formula is C25H42N2O19. The molecule has 0 saturated carbocycles. The number of aliphatic carboxylic acids is 1. The molecule has 2 amide bonds. The van der Waals surface area contributed by atoms with Crippen molar-refractivity contribution in [2.24, 2.45) is 0 Å². The second kappa shape index (κ2) is 15.8. The molecule has 16 atom stereocenters. The van der Waals surface area contributed by atoms with E-state index in [9.17, 15) is 70.6 Å². The van der Waals surface area contributed by atoms with Crippen molar-refractivity contribution in [3.8, 4) is 0 Å². The fourth-order valence-electron chi connectivity index (χ4n) is 5.45. The molecule has 0 radical (unpaired) electrons. The minimum absolute atomic E-state index is 0.723. The lowest BCUT2D eigenvalue weighted by atomic mass is 9.88. The monoisotopic (exact) mass is 674 g/mol. The number of aliphatic hydroxyl groups is 10. The van der Waals surface area contributed by atoms with Gasteiger partial charge in [-0.3, -0.25) is 9.59 Å². The van der Waals surface area contributed by atoms with Gasteiger partial charge in [0.1, 0.15) is 67.1 Å². The lowest BCUT2D eigenvalue weighted by Crippen LogP contribution is -2.69. The fraction of sp³-hybridized carbons (Fsp3) is 0.880. The van der Waals surface area contributed by atoms with Gasteiger partial charge in [0, 0.05) is 20.3 Å². The van der Waals surface area contributed by atoms with Crippen molar-refractivity contribution in [1.82, 2.24) is 10.6 Å². The summed E-state index contributed by atoms with van der Waals surface area (Å²) in [6.45, 7) is -0.705. The van der Waals surface area contributed by atoms with E-state index < -0.39 is 142 Å². The van der Waals surface area contributed by atoms with Gasteiger partial charge in [-0.25, -0.2) is 4.79 Å². The van der Waals surface area contributed by atoms with Crippen LogP contribution in [0, 0.1) is 0 Å². The van der Waals surface area contributed by atoms with Crippen LogP contribution in [0.1, 0.15) is 20.3 Å². The standard InChI is InChI=1S/C25H42N2O19/c1-7(30)26-13-9(32)3-25(24(40)41,46-21(13)15(34)10(33)4-28)42-6-12-17(36)20(14(22(39)43-12)27-8(2)31)45-23-19(38)18(37)16(35)11(5-29)44-23/h9-23,28-29,32-39H,3-6H2,1-2H3,(H,26,30)(H,27,31)(H,40,41)/t9-,10+,11+,12+,13+,14+,15+,16-,17+,18-,19+,20+,21+,22-,23-,25+/m0/s1. The molecule has 0 spiro atoms. The first-order valence-electron chi connectivity index (χ1n) is 14.2. The summed E-state index contributed by atoms with van der Waals surface area (Å²) in [5.74, 6) is -6.18. The molecule has 3 aliphatic rings. The Labute approximate surface area is 260 Å². The van der Waals surface area contributed by atoms with Crippen molar-refractivity contribution in [1.29, 1.82) is 0 Å². The highest BCUT2D eigenvalue weighted by Gasteiger charge is 2.57. The van der Waals surface area contributed by atoms with Gasteiger partial charge in [0.05, 0.1) is 32.0 Å². The number of carbonyl (C=O) groups is 3. The second-order valence-corrected chi connectivity index (χ2v) is 11.3. The third kappa shape index (κ3) is 8.26. The first kappa shape index (κ1) is 38.3. The molecule has 3 rings (SSSR count). The Morgan fingerprint density at radius 3 is 2.02 bits per heavy atom. The summed E-state index contributed by atoms with van der Waals surface area (Å²) in [5, 5.41) is 117. The molecule has 13 N–H and O–H groups in total. The second-order valence-electron chi connectivity index (χ2n) is 11.3. The Kier molecular flexibility index (Phi) is 13.1. The molecule has 3 saturated heterocycles. The van der Waals surface area contributed by atoms with Crippen molar-refractivity contribution in [2.45, 2.75) is 118 Å². The molecule has 0 aromatic carbocycles. The zero-order chi connectivity index (χ0) is 34.7. The number of carbonyl (C=O) groups excluding carboxylic acids is 2. The van der Waals surface area contributed by atoms with Gasteiger partial charge in [0.15, 0.2) is 12.6 Å². The van der Waals surface area contributed by atoms with Crippen LogP contribution in [0.3, 0.4) is 0 Å². The molecule has 0 aromatic rings. The zero-order valence-corrected chi connectivity index (χ0v) is 24.7. The number of amides is 2. The summed E-state index contributed by atoms with van der Waals surface area (Å²) in [7, 11) is 0. The number of carboxylic acids is 1. The highest BCUT2D eigenvalue weighted by molar-refractivity contribution is 5.76. The van der Waals surface area contributed by atoms with Crippen LogP contribution in [0.5, 0.6) is 0 Å². The quantitative estimate of drug-likeness (QED) is 0.0913. The summed E-state index contributed by atoms with van der Waals surface area (Å²) in [6, 6.07) is -3.06. The first-order valence-corrected chi connectivity index (χ1v) is 14.2. The minimum Gasteiger partial charge on any atom is -0.477 e. The predicted octanol–water partition coefficient (Wildman–Crippen LogP) is -8.08. The number of carboxylic acid groups (broad SMARTS) is 1. The number of aliphatic hydroxyl groups excluding tert-OH is 10. The van der Waals surface area contributed by atoms with Crippen molar-refractivity contribution in [3.63, 3.8) is 0 Å². The summed E-state index contributed by atoms with van der Waals surface area (Å²) < 4.78 is 27.2. The Morgan fingerprint density at radius 2 is 1.48 bits per heavy atom. The Hall–Kier alpha value is -2.19. The molecule has 21 heteroatoms. The molecule has 3 heterocycles. The number of hydrogen-bond acceptors (Lipinski definition) is 18. The topological polar surface area (TPSA) is 344 Å². The van der Waals surface area contributed by atoms with Crippen LogP contribution in [-0.2, 0) is 38.1 Å². The van der Waals surface area contributed by atoms with E-state index in [4.69, 9.17) is 23.7 Å². The summed E-state index contributed by atoms with van der Waals surface area (Å²) in [6.07, 6.45) is -24.8. The summed E-state index contributed by atoms with van der Waals surface area (Å²) >= 11 is 0. The molecular weight excluding hydrogens is 632 g/mol. The smallest absolute Gasteiger partial charge is 0.364 e. The third-order valence-electron chi connectivity index (χ3n) is 7.87. The van der Waals surface area contributed by atoms with Crippen molar-refractivity contribution in [3.05, 3.63) is 0 Å². The normalized spacial score (nSPS) is 42.9. The van der Waals surface area contributed by atoms with Crippen LogP contribution >= 0.6 is 0 Å². The van der Waals surface area contributed by atoms with Gasteiger partial charge in [-0.05, 0) is 0 Å². The maximum Gasteiger partial charge on any atom is 0.364 e. The lowest BCUT2D eigenvalue weighted by molar-refractivity contribution is -0.351. The van der Waals surface area contributed by atoms with Crippen LogP contribution in [0.15, 0.2) is 0 Å². The SMILES string of the molecule is CC(=O)N[C@@H]1[C@@H](O[C@@H]2O[C@H](CO)[C@H](O)[C@H](O)[C@H]2O)[C@H](O)[C@@H](CO[C@]2(C(=O)O)C[C@H](O)[C@@H](NC(C)=O)[C@H]([C@H](O)[C@H](O)CO)O2)O[C@@H]1O. The maximum absolute atomic E-state index is 12.5. The van der Waals surface area contributed by atoms with Crippen molar-refractivity contribution < 1.29 is 94.2 Å². The number of ether oxygens (including phenoxy) is 5. The van der Waals surface area contributed by atoms with E-state index in [-0.39, 0.29) is 0 Å². The van der Waals surface area contributed by atoms with Gasteiger partial charge in [-0.15, -0.1) is 0 Å². The molecule has 0 aromatic heterocycles. The van der Waals surface area contributed by atoms with Crippen LogP contribution in [0.2, 0.25) is 0 Å². The highest BCUT2D eigenvalue weighted by Crippen LogP contribution is 2.35. The Morgan fingerprint density at radius 1 is 0.870 bits per heavy atom. The van der Waals surface area contributed by atoms with E-state index in [0.717, 1.165) is 13.8 Å². The van der Waals surface area contributed by atoms with Gasteiger partial charge in [0.2, 0.25) is 11.8 Å². The van der Waals surface area contributed by atoms with Crippen LogP contribution in [-0.4, -0.2) is 191 Å². The van der Waals surface area contributed by atoms with Gasteiger partial charge < -0.3 is 90.5 Å². The van der Waals surface area contributed by atoms with Crippen LogP contribution in [0.25, 0.3) is 0 Å². The van der Waals surface area contributed by atoms with Crippen molar-refractivity contribution >= 4 is 17.8 Å². The summed E-state index contributed by atoms with van der Waals surface area (Å²) in [4.78, 5) is 36.0. The maximum atomic E-state index is 12.5. The van der Waals surface area contributed by atoms with E-state index in [2.05, 4.69) is 10.6 Å². The zero-order valence-electron chi connectivity index (χ0n) is 24.7. The lowest BCUT2D eigenvalue weighted by Gasteiger charge is -2.48.